The quantitative estimate of drug-likeness (QED) is 0.200. The summed E-state index contributed by atoms with van der Waals surface area (Å²) in [5, 5.41) is 0. The molecule has 0 aliphatic carbocycles. The van der Waals surface area contributed by atoms with Gasteiger partial charge in [-0.3, -0.25) is 0 Å². The molecule has 0 heterocycles. The predicted octanol–water partition coefficient (Wildman–Crippen LogP) is 5.44. The Kier molecular flexibility index (Phi) is 6.43. The van der Waals surface area contributed by atoms with E-state index in [2.05, 4.69) is 0 Å². The Morgan fingerprint density at radius 3 is 1.22 bits per heavy atom. The zero-order valence-electron chi connectivity index (χ0n) is 13.4. The first kappa shape index (κ1) is 21.9. The van der Waals surface area contributed by atoms with Crippen LogP contribution in [-0.2, 0) is 22.9 Å². The molecule has 1 unspecified atom stereocenters. The fourth-order valence-corrected chi connectivity index (χ4v) is 6.36. The van der Waals surface area contributed by atoms with E-state index in [1.54, 1.807) is 0 Å². The van der Waals surface area contributed by atoms with Crippen molar-refractivity contribution in [1.29, 1.82) is 0 Å². The van der Waals surface area contributed by atoms with Crippen molar-refractivity contribution in [3.63, 3.8) is 0 Å². The van der Waals surface area contributed by atoms with Gasteiger partial charge in [-0.05, 0) is 0 Å². The molecule has 2 aromatic carbocycles. The number of halogens is 10. The summed E-state index contributed by atoms with van der Waals surface area (Å²) < 4.78 is 132. The Morgan fingerprint density at radius 2 is 0.852 bits per heavy atom. The fraction of sp³-hybridized carbons (Fsp3) is 0.250. The summed E-state index contributed by atoms with van der Waals surface area (Å²) in [6, 6.07) is 0. The van der Waals surface area contributed by atoms with Gasteiger partial charge in [0.05, 0.1) is 0 Å². The van der Waals surface area contributed by atoms with Crippen molar-refractivity contribution in [3.05, 3.63) is 63.5 Å². The molecule has 0 saturated carbocycles. The van der Waals surface area contributed by atoms with Crippen LogP contribution in [0.15, 0.2) is 0 Å². The molecular weight excluding hydrogens is 561 g/mol. The van der Waals surface area contributed by atoms with Crippen molar-refractivity contribution in [1.82, 2.24) is 0 Å². The third kappa shape index (κ3) is 3.66. The summed E-state index contributed by atoms with van der Waals surface area (Å²) in [5.41, 5.74) is -2.76. The van der Waals surface area contributed by atoms with E-state index in [-0.39, 0.29) is 0 Å². The maximum atomic E-state index is 14.4. The van der Waals surface area contributed by atoms with E-state index in [0.717, 1.165) is 0 Å². The van der Waals surface area contributed by atoms with Crippen LogP contribution < -0.4 is 3.32 Å². The van der Waals surface area contributed by atoms with Crippen molar-refractivity contribution in [2.45, 2.75) is 23.7 Å². The van der Waals surface area contributed by atoms with Crippen molar-refractivity contribution in [2.75, 3.05) is 0 Å². The zero-order valence-corrected chi connectivity index (χ0v) is 17.0. The van der Waals surface area contributed by atoms with Crippen molar-refractivity contribution in [3.8, 4) is 0 Å². The number of hydrogen-bond acceptors (Lipinski definition) is 0. The second-order valence-corrected chi connectivity index (χ2v) is 10.3. The van der Waals surface area contributed by atoms with Crippen molar-refractivity contribution >= 4 is 3.32 Å². The normalized spacial score (nSPS) is 12.6. The van der Waals surface area contributed by atoms with E-state index < -0.39 is 99.6 Å². The first-order chi connectivity index (χ1) is 12.4. The van der Waals surface area contributed by atoms with Gasteiger partial charge in [-0.2, -0.15) is 0 Å². The molecule has 0 aromatic heterocycles. The van der Waals surface area contributed by atoms with Gasteiger partial charge in [-0.15, -0.1) is 0 Å². The van der Waals surface area contributed by atoms with Gasteiger partial charge in [0, 0.05) is 0 Å². The van der Waals surface area contributed by atoms with Gasteiger partial charge in [0.1, 0.15) is 0 Å². The van der Waals surface area contributed by atoms with Crippen LogP contribution in [0.3, 0.4) is 0 Å². The van der Waals surface area contributed by atoms with Gasteiger partial charge in [0.2, 0.25) is 0 Å². The van der Waals surface area contributed by atoms with Gasteiger partial charge in [-0.25, -0.2) is 0 Å². The maximum absolute atomic E-state index is 14.4. The number of rotatable bonds is 4. The standard InChI is InChI=1S/C10H8F5.C6F5.Hf/c1-4(2)6-9(14)7(12)5(3-11)8(13)10(6)15;7-2-1-3(8)5(10)6(11)4(2)9;/h3-4H,1-2H3;;. The molecule has 0 bridgehead atoms. The summed E-state index contributed by atoms with van der Waals surface area (Å²) in [6.45, 7) is 2.42. The van der Waals surface area contributed by atoms with Crippen LogP contribution in [0, 0.1) is 52.4 Å². The van der Waals surface area contributed by atoms with Crippen molar-refractivity contribution < 1.29 is 66.8 Å². The molecule has 0 fully saturated rings. The Bertz CT molecular complexity index is 851. The molecule has 0 nitrogen and oxygen atoms in total. The van der Waals surface area contributed by atoms with Crippen LogP contribution in [0.4, 0.5) is 43.9 Å². The summed E-state index contributed by atoms with van der Waals surface area (Å²) in [5.74, 6) is -20.9. The van der Waals surface area contributed by atoms with Crippen molar-refractivity contribution in [2.24, 2.45) is 0 Å². The Hall–Kier alpha value is -1.39. The minimum atomic E-state index is -3.90. The Morgan fingerprint density at radius 1 is 0.519 bits per heavy atom. The van der Waals surface area contributed by atoms with Crippen LogP contribution in [0.1, 0.15) is 34.8 Å². The van der Waals surface area contributed by atoms with Crippen LogP contribution >= 0.6 is 0 Å². The second kappa shape index (κ2) is 7.92. The van der Waals surface area contributed by atoms with E-state index in [1.807, 2.05) is 0 Å². The molecule has 2 rings (SSSR count). The summed E-state index contributed by atoms with van der Waals surface area (Å²) in [6.07, 6.45) is 0. The molecule has 1 atom stereocenters. The molecule has 0 saturated heterocycles. The van der Waals surface area contributed by atoms with Gasteiger partial charge >= 0.3 is 157 Å². The summed E-state index contributed by atoms with van der Waals surface area (Å²) in [7, 11) is 0. The van der Waals surface area contributed by atoms with Crippen LogP contribution in [-0.4, -0.2) is 0 Å². The molecule has 2 aromatic rings. The minimum absolute atomic E-state index is 0.995. The molecule has 0 aliphatic rings. The second-order valence-electron chi connectivity index (χ2n) is 5.69. The van der Waals surface area contributed by atoms with E-state index in [4.69, 9.17) is 0 Å². The molecule has 0 spiro atoms. The SMILES string of the molecule is CC(C)c1c(F)c(F)c([CH](F)[Hf][c]2c(F)c(F)c(F)c(F)c2F)c(F)c1F. The zero-order chi connectivity index (χ0) is 20.8. The first-order valence-corrected chi connectivity index (χ1v) is 11.1. The van der Waals surface area contributed by atoms with Gasteiger partial charge in [0.25, 0.3) is 0 Å². The molecule has 0 amide bonds. The number of benzene rings is 2. The molecular formula is C16H8F10Hf. The van der Waals surface area contributed by atoms with E-state index in [1.165, 1.54) is 13.8 Å². The third-order valence-electron chi connectivity index (χ3n) is 3.64. The third-order valence-corrected chi connectivity index (χ3v) is 8.20. The Balaban J connectivity index is 2.61. The van der Waals surface area contributed by atoms with Crippen LogP contribution in [0.5, 0.6) is 0 Å². The van der Waals surface area contributed by atoms with E-state index >= 15 is 0 Å². The van der Waals surface area contributed by atoms with E-state index in [9.17, 15) is 43.9 Å². The molecule has 0 aliphatic heterocycles. The predicted molar refractivity (Wildman–Crippen MR) is 70.1 cm³/mol. The Labute approximate surface area is 157 Å². The molecule has 11 heteroatoms. The van der Waals surface area contributed by atoms with Gasteiger partial charge in [-0.1, -0.05) is 0 Å². The molecule has 146 valence electrons. The first-order valence-electron chi connectivity index (χ1n) is 7.19. The van der Waals surface area contributed by atoms with E-state index in [0.29, 0.717) is 0 Å². The molecule has 0 radical (unpaired) electrons. The number of alkyl halides is 1. The average molecular weight is 569 g/mol. The summed E-state index contributed by atoms with van der Waals surface area (Å²) in [4.78, 5) is 0. The van der Waals surface area contributed by atoms with Gasteiger partial charge < -0.3 is 0 Å². The topological polar surface area (TPSA) is 0 Å². The monoisotopic (exact) mass is 570 g/mol. The van der Waals surface area contributed by atoms with Crippen LogP contribution in [0.25, 0.3) is 0 Å². The van der Waals surface area contributed by atoms with Crippen LogP contribution in [0.2, 0.25) is 0 Å². The average Bonchev–Trinajstić information content (AvgIpc) is 2.60. The number of hydrogen-bond donors (Lipinski definition) is 0. The fourth-order valence-electron chi connectivity index (χ4n) is 2.33. The van der Waals surface area contributed by atoms with Gasteiger partial charge in [0.15, 0.2) is 0 Å². The summed E-state index contributed by atoms with van der Waals surface area (Å²) >= 11 is -3.90. The molecule has 0 N–H and O–H groups in total. The molecule has 27 heavy (non-hydrogen) atoms.